The van der Waals surface area contributed by atoms with Gasteiger partial charge in [0.1, 0.15) is 12.5 Å². The van der Waals surface area contributed by atoms with Crippen molar-refractivity contribution in [1.82, 2.24) is 4.90 Å². The van der Waals surface area contributed by atoms with Crippen LogP contribution in [0.15, 0.2) is 0 Å². The van der Waals surface area contributed by atoms with Gasteiger partial charge in [0.25, 0.3) is 0 Å². The Morgan fingerprint density at radius 3 is 2.38 bits per heavy atom. The van der Waals surface area contributed by atoms with Gasteiger partial charge in [-0.25, -0.2) is 0 Å². The third-order valence-corrected chi connectivity index (χ3v) is 4.29. The standard InChI is InChI=1S/C15H25NO5/c1-3-20-14(17)10-15(18)21-13-8-11-4-5-12(9-13)16(11)6-7-19-2/h11-13H,3-10H2,1-2H3. The molecule has 0 aromatic carbocycles. The van der Waals surface area contributed by atoms with Crippen molar-refractivity contribution >= 4 is 11.9 Å². The Morgan fingerprint density at radius 1 is 1.14 bits per heavy atom. The predicted molar refractivity (Wildman–Crippen MR) is 75.8 cm³/mol. The maximum absolute atomic E-state index is 11.7. The Bertz CT molecular complexity index is 359. The van der Waals surface area contributed by atoms with Crippen LogP contribution < -0.4 is 0 Å². The molecule has 0 N–H and O–H groups in total. The lowest BCUT2D eigenvalue weighted by Gasteiger charge is -2.38. The Hall–Kier alpha value is -1.14. The molecule has 2 rings (SSSR count). The van der Waals surface area contributed by atoms with E-state index in [9.17, 15) is 9.59 Å². The van der Waals surface area contributed by atoms with Gasteiger partial charge in [-0.2, -0.15) is 0 Å². The van der Waals surface area contributed by atoms with Crippen molar-refractivity contribution in [2.24, 2.45) is 0 Å². The van der Waals surface area contributed by atoms with Crippen LogP contribution in [-0.4, -0.2) is 61.9 Å². The summed E-state index contributed by atoms with van der Waals surface area (Å²) in [6.07, 6.45) is 3.67. The van der Waals surface area contributed by atoms with Crippen molar-refractivity contribution in [3.63, 3.8) is 0 Å². The number of fused-ring (bicyclic) bond motifs is 2. The molecule has 6 nitrogen and oxygen atoms in total. The van der Waals surface area contributed by atoms with E-state index in [-0.39, 0.29) is 19.1 Å². The molecule has 0 radical (unpaired) electrons. The number of carbonyl (C=O) groups excluding carboxylic acids is 2. The Kier molecular flexibility index (Phi) is 5.99. The summed E-state index contributed by atoms with van der Waals surface area (Å²) in [7, 11) is 1.71. The van der Waals surface area contributed by atoms with E-state index in [1.54, 1.807) is 14.0 Å². The van der Waals surface area contributed by atoms with Crippen LogP contribution in [0, 0.1) is 0 Å². The molecule has 6 heteroatoms. The van der Waals surface area contributed by atoms with Crippen LogP contribution >= 0.6 is 0 Å². The van der Waals surface area contributed by atoms with Crippen molar-refractivity contribution in [3.05, 3.63) is 0 Å². The molecule has 2 unspecified atom stereocenters. The van der Waals surface area contributed by atoms with Crippen molar-refractivity contribution in [2.45, 2.75) is 57.2 Å². The van der Waals surface area contributed by atoms with Crippen LogP contribution in [0.2, 0.25) is 0 Å². The summed E-state index contributed by atoms with van der Waals surface area (Å²) in [5.74, 6) is -0.980. The second-order valence-electron chi connectivity index (χ2n) is 5.68. The fraction of sp³-hybridized carbons (Fsp3) is 0.867. The molecule has 0 aromatic heterocycles. The fourth-order valence-corrected chi connectivity index (χ4v) is 3.44. The second kappa shape index (κ2) is 7.75. The van der Waals surface area contributed by atoms with E-state index >= 15 is 0 Å². The van der Waals surface area contributed by atoms with Gasteiger partial charge in [0.2, 0.25) is 0 Å². The summed E-state index contributed by atoms with van der Waals surface area (Å²) in [6.45, 7) is 3.68. The van der Waals surface area contributed by atoms with E-state index in [0.29, 0.717) is 12.1 Å². The maximum atomic E-state index is 11.7. The summed E-state index contributed by atoms with van der Waals surface area (Å²) < 4.78 is 15.3. The molecule has 2 bridgehead atoms. The molecule has 2 aliphatic rings. The number of rotatable bonds is 7. The Balaban J connectivity index is 1.77. The van der Waals surface area contributed by atoms with Crippen LogP contribution in [0.25, 0.3) is 0 Å². The van der Waals surface area contributed by atoms with Gasteiger partial charge in [0.05, 0.1) is 13.2 Å². The SMILES string of the molecule is CCOC(=O)CC(=O)OC1CC2CCC(C1)N2CCOC. The zero-order valence-electron chi connectivity index (χ0n) is 12.9. The first-order chi connectivity index (χ1) is 10.1. The van der Waals surface area contributed by atoms with Gasteiger partial charge in [0.15, 0.2) is 0 Å². The van der Waals surface area contributed by atoms with E-state index in [2.05, 4.69) is 4.90 Å². The lowest BCUT2D eigenvalue weighted by Crippen LogP contribution is -2.47. The van der Waals surface area contributed by atoms with Gasteiger partial charge < -0.3 is 14.2 Å². The topological polar surface area (TPSA) is 65.1 Å². The fourth-order valence-electron chi connectivity index (χ4n) is 3.44. The number of hydrogen-bond donors (Lipinski definition) is 0. The molecule has 2 atom stereocenters. The van der Waals surface area contributed by atoms with Crippen LogP contribution in [0.4, 0.5) is 0 Å². The first-order valence-corrected chi connectivity index (χ1v) is 7.73. The van der Waals surface area contributed by atoms with Crippen molar-refractivity contribution < 1.29 is 23.8 Å². The van der Waals surface area contributed by atoms with Gasteiger partial charge in [-0.05, 0) is 19.8 Å². The summed E-state index contributed by atoms with van der Waals surface area (Å²) in [5.41, 5.74) is 0. The Labute approximate surface area is 125 Å². The average Bonchev–Trinajstić information content (AvgIpc) is 2.66. The number of nitrogens with zero attached hydrogens (tertiary/aromatic N) is 1. The van der Waals surface area contributed by atoms with Crippen LogP contribution in [0.1, 0.15) is 39.0 Å². The molecule has 0 saturated carbocycles. The van der Waals surface area contributed by atoms with Gasteiger partial charge in [0, 0.05) is 38.6 Å². The highest BCUT2D eigenvalue weighted by atomic mass is 16.6. The summed E-state index contributed by atoms with van der Waals surface area (Å²) in [6, 6.07) is 0.943. The molecule has 21 heavy (non-hydrogen) atoms. The number of esters is 2. The summed E-state index contributed by atoms with van der Waals surface area (Å²) >= 11 is 0. The number of hydrogen-bond acceptors (Lipinski definition) is 6. The zero-order valence-corrected chi connectivity index (χ0v) is 12.9. The summed E-state index contributed by atoms with van der Waals surface area (Å²) in [4.78, 5) is 25.5. The molecule has 2 fully saturated rings. The van der Waals surface area contributed by atoms with Crippen molar-refractivity contribution in [1.29, 1.82) is 0 Å². The van der Waals surface area contributed by atoms with Gasteiger partial charge in [-0.15, -0.1) is 0 Å². The van der Waals surface area contributed by atoms with Crippen LogP contribution in [-0.2, 0) is 23.8 Å². The van der Waals surface area contributed by atoms with Crippen LogP contribution in [0.5, 0.6) is 0 Å². The van der Waals surface area contributed by atoms with E-state index in [1.165, 1.54) is 0 Å². The van der Waals surface area contributed by atoms with E-state index in [1.807, 2.05) is 0 Å². The molecule has 2 aliphatic heterocycles. The highest BCUT2D eigenvalue weighted by Gasteiger charge is 2.41. The largest absolute Gasteiger partial charge is 0.466 e. The van der Waals surface area contributed by atoms with E-state index < -0.39 is 11.9 Å². The minimum atomic E-state index is -0.511. The Morgan fingerprint density at radius 2 is 1.81 bits per heavy atom. The van der Waals surface area contributed by atoms with Crippen molar-refractivity contribution in [3.8, 4) is 0 Å². The molecular formula is C15H25NO5. The van der Waals surface area contributed by atoms with Crippen molar-refractivity contribution in [2.75, 3.05) is 26.9 Å². The number of methoxy groups -OCH3 is 1. The zero-order chi connectivity index (χ0) is 15.2. The third kappa shape index (κ3) is 4.41. The molecule has 0 spiro atoms. The lowest BCUT2D eigenvalue weighted by molar-refractivity contribution is -0.159. The lowest BCUT2D eigenvalue weighted by atomic mass is 10.00. The van der Waals surface area contributed by atoms with Gasteiger partial charge >= 0.3 is 11.9 Å². The molecule has 0 aliphatic carbocycles. The van der Waals surface area contributed by atoms with E-state index in [0.717, 1.165) is 38.8 Å². The van der Waals surface area contributed by atoms with E-state index in [4.69, 9.17) is 14.2 Å². The molecule has 120 valence electrons. The molecule has 0 aromatic rings. The third-order valence-electron chi connectivity index (χ3n) is 4.29. The monoisotopic (exact) mass is 299 g/mol. The molecule has 2 heterocycles. The molecule has 2 saturated heterocycles. The summed E-state index contributed by atoms with van der Waals surface area (Å²) in [5, 5.41) is 0. The predicted octanol–water partition coefficient (Wildman–Crippen LogP) is 1.12. The normalized spacial score (nSPS) is 28.4. The highest BCUT2D eigenvalue weighted by molar-refractivity contribution is 5.91. The smallest absolute Gasteiger partial charge is 0.317 e. The molecule has 0 amide bonds. The first-order valence-electron chi connectivity index (χ1n) is 7.73. The second-order valence-corrected chi connectivity index (χ2v) is 5.68. The number of piperidine rings is 1. The number of ether oxygens (including phenoxy) is 3. The van der Waals surface area contributed by atoms with Crippen LogP contribution in [0.3, 0.4) is 0 Å². The van der Waals surface area contributed by atoms with Gasteiger partial charge in [-0.1, -0.05) is 0 Å². The molecular weight excluding hydrogens is 274 g/mol. The minimum absolute atomic E-state index is 0.0665. The highest BCUT2D eigenvalue weighted by Crippen LogP contribution is 2.36. The quantitative estimate of drug-likeness (QED) is 0.518. The first kappa shape index (κ1) is 16.2. The van der Waals surface area contributed by atoms with Gasteiger partial charge in [-0.3, -0.25) is 14.5 Å². The minimum Gasteiger partial charge on any atom is -0.466 e. The maximum Gasteiger partial charge on any atom is 0.317 e. The average molecular weight is 299 g/mol. The number of carbonyl (C=O) groups is 2.